The number of nitrogens with zero attached hydrogens (tertiary/aromatic N) is 2. The number of rotatable bonds is 3. The maximum atomic E-state index is 10.8. The number of aryl methyl sites for hydroxylation is 3. The molecule has 1 N–H and O–H groups in total. The quantitative estimate of drug-likeness (QED) is 0.667. The van der Waals surface area contributed by atoms with Gasteiger partial charge in [0.05, 0.1) is 10.6 Å². The molecule has 2 rings (SSSR count). The fraction of sp³-hybridized carbons (Fsp3) is 0.231. The molecule has 0 unspecified atom stereocenters. The Kier molecular flexibility index (Phi) is 3.06. The van der Waals surface area contributed by atoms with Crippen molar-refractivity contribution in [1.29, 1.82) is 0 Å². The van der Waals surface area contributed by atoms with Crippen molar-refractivity contribution in [2.24, 2.45) is 0 Å². The largest absolute Gasteiger partial charge is 0.294 e. The van der Waals surface area contributed by atoms with E-state index in [2.05, 4.69) is 5.43 Å². The number of anilines is 1. The molecule has 0 amide bonds. The molecule has 0 radical (unpaired) electrons. The fourth-order valence-corrected chi connectivity index (χ4v) is 1.91. The number of hydrogen-bond acceptors (Lipinski definition) is 3. The second kappa shape index (κ2) is 4.52. The average molecular weight is 245 g/mol. The second-order valence-corrected chi connectivity index (χ2v) is 4.38. The summed E-state index contributed by atoms with van der Waals surface area (Å²) in [7, 11) is 0. The van der Waals surface area contributed by atoms with Crippen LogP contribution < -0.4 is 5.43 Å². The van der Waals surface area contributed by atoms with E-state index in [9.17, 15) is 10.1 Å². The molecule has 0 atom stereocenters. The van der Waals surface area contributed by atoms with Crippen molar-refractivity contribution in [3.8, 4) is 0 Å². The van der Waals surface area contributed by atoms with Gasteiger partial charge in [-0.25, -0.2) is 0 Å². The maximum absolute atomic E-state index is 10.8. The lowest BCUT2D eigenvalue weighted by atomic mass is 10.2. The normalized spacial score (nSPS) is 10.4. The first-order valence-corrected chi connectivity index (χ1v) is 5.65. The first kappa shape index (κ1) is 12.2. The van der Waals surface area contributed by atoms with Crippen LogP contribution in [0.5, 0.6) is 0 Å². The van der Waals surface area contributed by atoms with Crippen LogP contribution in [-0.4, -0.2) is 9.60 Å². The van der Waals surface area contributed by atoms with Gasteiger partial charge in [-0.3, -0.25) is 20.2 Å². The summed E-state index contributed by atoms with van der Waals surface area (Å²) in [6.45, 7) is 5.79. The number of non-ortho nitro benzene ring substituents is 1. The van der Waals surface area contributed by atoms with Crippen molar-refractivity contribution in [3.05, 3.63) is 57.4 Å². The third-order valence-electron chi connectivity index (χ3n) is 2.78. The van der Waals surface area contributed by atoms with Crippen LogP contribution in [0.4, 0.5) is 11.4 Å². The van der Waals surface area contributed by atoms with Gasteiger partial charge in [0.15, 0.2) is 0 Å². The Labute approximate surface area is 105 Å². The third-order valence-corrected chi connectivity index (χ3v) is 2.78. The standard InChI is InChI=1S/C13H15N3O2/c1-9-6-12(8-13(7-9)16(17)18)14-15-10(2)4-5-11(15)3/h4-8,14H,1-3H3. The first-order valence-electron chi connectivity index (χ1n) is 5.65. The molecule has 1 heterocycles. The smallest absolute Gasteiger partial charge is 0.271 e. The molecular formula is C13H15N3O2. The zero-order chi connectivity index (χ0) is 13.3. The Bertz CT molecular complexity index is 583. The molecular weight excluding hydrogens is 230 g/mol. The predicted octanol–water partition coefficient (Wildman–Crippen LogP) is 3.20. The van der Waals surface area contributed by atoms with Crippen molar-refractivity contribution in [3.63, 3.8) is 0 Å². The van der Waals surface area contributed by atoms with Crippen LogP contribution in [0.2, 0.25) is 0 Å². The van der Waals surface area contributed by atoms with Gasteiger partial charge in [-0.15, -0.1) is 0 Å². The minimum absolute atomic E-state index is 0.0972. The highest BCUT2D eigenvalue weighted by molar-refractivity contribution is 5.54. The minimum atomic E-state index is -0.381. The van der Waals surface area contributed by atoms with Gasteiger partial charge in [0, 0.05) is 23.5 Å². The Morgan fingerprint density at radius 3 is 2.28 bits per heavy atom. The van der Waals surface area contributed by atoms with E-state index in [1.807, 2.05) is 43.6 Å². The van der Waals surface area contributed by atoms with Crippen molar-refractivity contribution in [2.75, 3.05) is 5.43 Å². The lowest BCUT2D eigenvalue weighted by molar-refractivity contribution is -0.384. The van der Waals surface area contributed by atoms with Crippen LogP contribution in [0.25, 0.3) is 0 Å². The van der Waals surface area contributed by atoms with Gasteiger partial charge in [0.25, 0.3) is 5.69 Å². The van der Waals surface area contributed by atoms with Crippen LogP contribution >= 0.6 is 0 Å². The molecule has 5 nitrogen and oxygen atoms in total. The van der Waals surface area contributed by atoms with Gasteiger partial charge >= 0.3 is 0 Å². The zero-order valence-electron chi connectivity index (χ0n) is 10.6. The molecule has 0 bridgehead atoms. The van der Waals surface area contributed by atoms with E-state index in [-0.39, 0.29) is 10.6 Å². The van der Waals surface area contributed by atoms with Gasteiger partial charge < -0.3 is 0 Å². The summed E-state index contributed by atoms with van der Waals surface area (Å²) in [5.74, 6) is 0. The van der Waals surface area contributed by atoms with Gasteiger partial charge in [-0.2, -0.15) is 0 Å². The highest BCUT2D eigenvalue weighted by Gasteiger charge is 2.09. The first-order chi connectivity index (χ1) is 8.47. The van der Waals surface area contributed by atoms with E-state index >= 15 is 0 Å². The summed E-state index contributed by atoms with van der Waals surface area (Å²) in [5, 5.41) is 10.8. The number of benzene rings is 1. The fourth-order valence-electron chi connectivity index (χ4n) is 1.91. The minimum Gasteiger partial charge on any atom is -0.294 e. The number of nitro benzene ring substituents is 1. The van der Waals surface area contributed by atoms with E-state index in [0.717, 1.165) is 17.0 Å². The molecule has 0 saturated heterocycles. The zero-order valence-corrected chi connectivity index (χ0v) is 10.6. The Hall–Kier alpha value is -2.30. The highest BCUT2D eigenvalue weighted by atomic mass is 16.6. The lowest BCUT2D eigenvalue weighted by Gasteiger charge is -2.13. The molecule has 0 aliphatic carbocycles. The van der Waals surface area contributed by atoms with Crippen molar-refractivity contribution < 1.29 is 4.92 Å². The monoisotopic (exact) mass is 245 g/mol. The Morgan fingerprint density at radius 1 is 1.11 bits per heavy atom. The molecule has 0 aliphatic heterocycles. The van der Waals surface area contributed by atoms with Gasteiger partial charge in [0.2, 0.25) is 0 Å². The van der Waals surface area contributed by atoms with E-state index in [0.29, 0.717) is 5.69 Å². The highest BCUT2D eigenvalue weighted by Crippen LogP contribution is 2.21. The summed E-state index contributed by atoms with van der Waals surface area (Å²) in [6.07, 6.45) is 0. The van der Waals surface area contributed by atoms with Crippen molar-refractivity contribution >= 4 is 11.4 Å². The summed E-state index contributed by atoms with van der Waals surface area (Å²) in [6, 6.07) is 8.96. The Morgan fingerprint density at radius 2 is 1.72 bits per heavy atom. The van der Waals surface area contributed by atoms with Gasteiger partial charge in [0.1, 0.15) is 0 Å². The number of hydrogen-bond donors (Lipinski definition) is 1. The van der Waals surface area contributed by atoms with Gasteiger partial charge in [-0.05, 0) is 44.5 Å². The molecule has 18 heavy (non-hydrogen) atoms. The Balaban J connectivity index is 2.38. The summed E-state index contributed by atoms with van der Waals surface area (Å²) < 4.78 is 1.90. The molecule has 0 aliphatic rings. The lowest BCUT2D eigenvalue weighted by Crippen LogP contribution is -2.12. The number of nitrogens with one attached hydrogen (secondary N) is 1. The molecule has 94 valence electrons. The number of aromatic nitrogens is 1. The molecule has 5 heteroatoms. The average Bonchev–Trinajstić information content (AvgIpc) is 2.60. The molecule has 1 aromatic carbocycles. The topological polar surface area (TPSA) is 60.1 Å². The number of nitro groups is 1. The summed E-state index contributed by atoms with van der Waals surface area (Å²) in [5.41, 5.74) is 6.94. The van der Waals surface area contributed by atoms with E-state index in [1.165, 1.54) is 6.07 Å². The van der Waals surface area contributed by atoms with E-state index in [4.69, 9.17) is 0 Å². The third kappa shape index (κ3) is 2.34. The van der Waals surface area contributed by atoms with E-state index < -0.39 is 0 Å². The van der Waals surface area contributed by atoms with Crippen LogP contribution in [0.15, 0.2) is 30.3 Å². The van der Waals surface area contributed by atoms with Crippen LogP contribution in [0.1, 0.15) is 17.0 Å². The second-order valence-electron chi connectivity index (χ2n) is 4.38. The molecule has 1 aromatic heterocycles. The van der Waals surface area contributed by atoms with Crippen LogP contribution in [0, 0.1) is 30.9 Å². The van der Waals surface area contributed by atoms with Gasteiger partial charge in [-0.1, -0.05) is 0 Å². The maximum Gasteiger partial charge on any atom is 0.271 e. The van der Waals surface area contributed by atoms with Crippen LogP contribution in [0.3, 0.4) is 0 Å². The molecule has 0 saturated carbocycles. The van der Waals surface area contributed by atoms with Crippen LogP contribution in [-0.2, 0) is 0 Å². The predicted molar refractivity (Wildman–Crippen MR) is 70.8 cm³/mol. The molecule has 0 fully saturated rings. The molecule has 2 aromatic rings. The SMILES string of the molecule is Cc1cc(Nn2c(C)ccc2C)cc([N+](=O)[O-])c1. The summed E-state index contributed by atoms with van der Waals surface area (Å²) >= 11 is 0. The summed E-state index contributed by atoms with van der Waals surface area (Å²) in [4.78, 5) is 10.4. The molecule has 0 spiro atoms. The van der Waals surface area contributed by atoms with Crippen molar-refractivity contribution in [1.82, 2.24) is 4.68 Å². The van der Waals surface area contributed by atoms with Crippen molar-refractivity contribution in [2.45, 2.75) is 20.8 Å². The van der Waals surface area contributed by atoms with E-state index in [1.54, 1.807) is 6.07 Å².